The lowest BCUT2D eigenvalue weighted by molar-refractivity contribution is 0.0910. The summed E-state index contributed by atoms with van der Waals surface area (Å²) in [4.78, 5) is 14.9. The fraction of sp³-hybridized carbons (Fsp3) is 0.588. The maximum absolute atomic E-state index is 12.4. The van der Waals surface area contributed by atoms with Crippen LogP contribution in [0, 0.1) is 6.92 Å². The van der Waals surface area contributed by atoms with Crippen LogP contribution in [-0.4, -0.2) is 36.5 Å². The van der Waals surface area contributed by atoms with Gasteiger partial charge in [0.15, 0.2) is 0 Å². The van der Waals surface area contributed by atoms with E-state index in [9.17, 15) is 4.79 Å². The van der Waals surface area contributed by atoms with E-state index in [4.69, 9.17) is 0 Å². The first-order valence-corrected chi connectivity index (χ1v) is 8.69. The van der Waals surface area contributed by atoms with Crippen LogP contribution in [0.2, 0.25) is 0 Å². The number of amides is 1. The zero-order chi connectivity index (χ0) is 15.2. The van der Waals surface area contributed by atoms with Gasteiger partial charge in [-0.3, -0.25) is 4.79 Å². The predicted octanol–water partition coefficient (Wildman–Crippen LogP) is 3.75. The number of benzene rings is 1. The summed E-state index contributed by atoms with van der Waals surface area (Å²) >= 11 is 3.46. The van der Waals surface area contributed by atoms with Crippen molar-refractivity contribution >= 4 is 21.8 Å². The Bertz CT molecular complexity index is 482. The standard InChI is InChI=1S/C17H25BrN2O/c1-3-4-9-20-10-7-14(8-11-20)19-17(21)15-12-13(2)5-6-16(15)18/h5-6,12,14H,3-4,7-11H2,1-2H3,(H,19,21). The van der Waals surface area contributed by atoms with Crippen molar-refractivity contribution in [3.05, 3.63) is 33.8 Å². The highest BCUT2D eigenvalue weighted by Crippen LogP contribution is 2.19. The molecule has 0 aromatic heterocycles. The van der Waals surface area contributed by atoms with Gasteiger partial charge in [-0.2, -0.15) is 0 Å². The second kappa shape index (κ2) is 7.95. The van der Waals surface area contributed by atoms with Crippen LogP contribution in [0.3, 0.4) is 0 Å². The maximum Gasteiger partial charge on any atom is 0.252 e. The average molecular weight is 353 g/mol. The Morgan fingerprint density at radius 2 is 2.10 bits per heavy atom. The van der Waals surface area contributed by atoms with Gasteiger partial charge >= 0.3 is 0 Å². The highest BCUT2D eigenvalue weighted by molar-refractivity contribution is 9.10. The topological polar surface area (TPSA) is 32.3 Å². The van der Waals surface area contributed by atoms with Crippen LogP contribution in [0.15, 0.2) is 22.7 Å². The van der Waals surface area contributed by atoms with E-state index in [0.717, 1.165) is 41.5 Å². The van der Waals surface area contributed by atoms with Gasteiger partial charge in [0.1, 0.15) is 0 Å². The first-order valence-electron chi connectivity index (χ1n) is 7.89. The fourth-order valence-corrected chi connectivity index (χ4v) is 3.19. The highest BCUT2D eigenvalue weighted by Gasteiger charge is 2.21. The third-order valence-electron chi connectivity index (χ3n) is 4.12. The number of piperidine rings is 1. The number of hydrogen-bond acceptors (Lipinski definition) is 2. The Labute approximate surface area is 136 Å². The molecule has 1 aromatic rings. The maximum atomic E-state index is 12.4. The SMILES string of the molecule is CCCCN1CCC(NC(=O)c2cc(C)ccc2Br)CC1. The molecule has 1 N–H and O–H groups in total. The lowest BCUT2D eigenvalue weighted by Gasteiger charge is -2.32. The largest absolute Gasteiger partial charge is 0.349 e. The first kappa shape index (κ1) is 16.5. The fourth-order valence-electron chi connectivity index (χ4n) is 2.76. The molecule has 3 nitrogen and oxygen atoms in total. The van der Waals surface area contributed by atoms with E-state index >= 15 is 0 Å². The van der Waals surface area contributed by atoms with Crippen molar-refractivity contribution in [2.24, 2.45) is 0 Å². The van der Waals surface area contributed by atoms with E-state index < -0.39 is 0 Å². The zero-order valence-corrected chi connectivity index (χ0v) is 14.6. The number of carbonyl (C=O) groups is 1. The summed E-state index contributed by atoms with van der Waals surface area (Å²) in [5.41, 5.74) is 1.85. The molecule has 1 heterocycles. The number of unbranched alkanes of at least 4 members (excludes halogenated alkanes) is 1. The minimum absolute atomic E-state index is 0.0394. The Balaban J connectivity index is 1.85. The molecule has 0 radical (unpaired) electrons. The van der Waals surface area contributed by atoms with E-state index in [1.54, 1.807) is 0 Å². The van der Waals surface area contributed by atoms with Gasteiger partial charge < -0.3 is 10.2 Å². The molecule has 21 heavy (non-hydrogen) atoms. The van der Waals surface area contributed by atoms with Crippen molar-refractivity contribution in [3.8, 4) is 0 Å². The summed E-state index contributed by atoms with van der Waals surface area (Å²) in [5.74, 6) is 0.0394. The summed E-state index contributed by atoms with van der Waals surface area (Å²) in [6, 6.07) is 6.20. The smallest absolute Gasteiger partial charge is 0.252 e. The number of rotatable bonds is 5. The van der Waals surface area contributed by atoms with Gasteiger partial charge in [-0.25, -0.2) is 0 Å². The van der Waals surface area contributed by atoms with Gasteiger partial charge in [-0.15, -0.1) is 0 Å². The highest BCUT2D eigenvalue weighted by atomic mass is 79.9. The van der Waals surface area contributed by atoms with Crippen LogP contribution < -0.4 is 5.32 Å². The summed E-state index contributed by atoms with van der Waals surface area (Å²) < 4.78 is 0.867. The van der Waals surface area contributed by atoms with E-state index in [0.29, 0.717) is 6.04 Å². The van der Waals surface area contributed by atoms with Crippen LogP contribution in [0.5, 0.6) is 0 Å². The number of nitrogens with zero attached hydrogens (tertiary/aromatic N) is 1. The van der Waals surface area contributed by atoms with Crippen molar-refractivity contribution in [1.29, 1.82) is 0 Å². The molecule has 4 heteroatoms. The van der Waals surface area contributed by atoms with E-state index in [2.05, 4.69) is 33.1 Å². The van der Waals surface area contributed by atoms with E-state index in [1.807, 2.05) is 25.1 Å². The first-order chi connectivity index (χ1) is 10.1. The third kappa shape index (κ3) is 4.82. The van der Waals surface area contributed by atoms with Crippen molar-refractivity contribution < 1.29 is 4.79 Å². The number of nitrogens with one attached hydrogen (secondary N) is 1. The van der Waals surface area contributed by atoms with Crippen LogP contribution >= 0.6 is 15.9 Å². The number of hydrogen-bond donors (Lipinski definition) is 1. The molecular formula is C17H25BrN2O. The molecular weight excluding hydrogens is 328 g/mol. The molecule has 1 saturated heterocycles. The van der Waals surface area contributed by atoms with Crippen LogP contribution in [-0.2, 0) is 0 Å². The quantitative estimate of drug-likeness (QED) is 0.874. The Morgan fingerprint density at radius 1 is 1.38 bits per heavy atom. The van der Waals surface area contributed by atoms with Gasteiger partial charge in [0.2, 0.25) is 0 Å². The number of halogens is 1. The Morgan fingerprint density at radius 3 is 2.76 bits per heavy atom. The average Bonchev–Trinajstić information content (AvgIpc) is 2.49. The van der Waals surface area contributed by atoms with Crippen molar-refractivity contribution in [3.63, 3.8) is 0 Å². The minimum atomic E-state index is 0.0394. The van der Waals surface area contributed by atoms with E-state index in [-0.39, 0.29) is 5.91 Å². The Kier molecular flexibility index (Phi) is 6.24. The molecule has 0 unspecified atom stereocenters. The lowest BCUT2D eigenvalue weighted by Crippen LogP contribution is -2.44. The van der Waals surface area contributed by atoms with Crippen LogP contribution in [0.4, 0.5) is 0 Å². The second-order valence-electron chi connectivity index (χ2n) is 5.93. The Hall–Kier alpha value is -0.870. The van der Waals surface area contributed by atoms with Gasteiger partial charge in [0.05, 0.1) is 5.56 Å². The summed E-state index contributed by atoms with van der Waals surface area (Å²) in [7, 11) is 0. The summed E-state index contributed by atoms with van der Waals surface area (Å²) in [6.07, 6.45) is 4.63. The number of likely N-dealkylation sites (tertiary alicyclic amines) is 1. The molecule has 116 valence electrons. The van der Waals surface area contributed by atoms with E-state index in [1.165, 1.54) is 19.4 Å². The second-order valence-corrected chi connectivity index (χ2v) is 6.78. The predicted molar refractivity (Wildman–Crippen MR) is 90.7 cm³/mol. The molecule has 0 saturated carbocycles. The zero-order valence-electron chi connectivity index (χ0n) is 13.0. The normalized spacial score (nSPS) is 16.9. The molecule has 1 fully saturated rings. The summed E-state index contributed by atoms with van der Waals surface area (Å²) in [6.45, 7) is 7.63. The third-order valence-corrected chi connectivity index (χ3v) is 4.81. The van der Waals surface area contributed by atoms with Crippen LogP contribution in [0.25, 0.3) is 0 Å². The summed E-state index contributed by atoms with van der Waals surface area (Å²) in [5, 5.41) is 3.18. The molecule has 1 aliphatic heterocycles. The molecule has 0 spiro atoms. The molecule has 2 rings (SSSR count). The minimum Gasteiger partial charge on any atom is -0.349 e. The number of carbonyl (C=O) groups excluding carboxylic acids is 1. The van der Waals surface area contributed by atoms with Crippen molar-refractivity contribution in [2.45, 2.75) is 45.6 Å². The molecule has 1 aliphatic rings. The van der Waals surface area contributed by atoms with Crippen molar-refractivity contribution in [1.82, 2.24) is 10.2 Å². The monoisotopic (exact) mass is 352 g/mol. The van der Waals surface area contributed by atoms with Gasteiger partial charge in [0, 0.05) is 23.6 Å². The lowest BCUT2D eigenvalue weighted by atomic mass is 10.0. The molecule has 1 aromatic carbocycles. The number of aryl methyl sites for hydroxylation is 1. The van der Waals surface area contributed by atoms with Gasteiger partial charge in [-0.1, -0.05) is 25.0 Å². The molecule has 0 atom stereocenters. The molecule has 0 aliphatic carbocycles. The van der Waals surface area contributed by atoms with Gasteiger partial charge in [0.25, 0.3) is 5.91 Å². The molecule has 0 bridgehead atoms. The van der Waals surface area contributed by atoms with Gasteiger partial charge in [-0.05, 0) is 60.8 Å². The van der Waals surface area contributed by atoms with Crippen LogP contribution in [0.1, 0.15) is 48.5 Å². The molecule has 1 amide bonds. The van der Waals surface area contributed by atoms with Crippen molar-refractivity contribution in [2.75, 3.05) is 19.6 Å².